The van der Waals surface area contributed by atoms with Crippen LogP contribution in [0.3, 0.4) is 0 Å². The van der Waals surface area contributed by atoms with Crippen molar-refractivity contribution < 1.29 is 13.9 Å². The molecule has 2 N–H and O–H groups in total. The van der Waals surface area contributed by atoms with Crippen LogP contribution >= 0.6 is 0 Å². The highest BCUT2D eigenvalue weighted by Gasteiger charge is 2.41. The number of phenolic OH excluding ortho intramolecular Hbond substituents is 1. The summed E-state index contributed by atoms with van der Waals surface area (Å²) in [5, 5.41) is 12.9. The minimum Gasteiger partial charge on any atom is -0.505 e. The molecule has 1 saturated heterocycles. The third-order valence-corrected chi connectivity index (χ3v) is 4.60. The molecule has 0 aromatic heterocycles. The predicted molar refractivity (Wildman–Crippen MR) is 78.6 cm³/mol. The molecule has 0 spiro atoms. The molecule has 116 valence electrons. The van der Waals surface area contributed by atoms with Gasteiger partial charge in [0, 0.05) is 36.3 Å². The normalized spacial score (nSPS) is 28.3. The van der Waals surface area contributed by atoms with Crippen LogP contribution in [-0.2, 0) is 0 Å². The molecule has 1 aromatic rings. The number of hydrogen-bond donors (Lipinski definition) is 2. The van der Waals surface area contributed by atoms with Crippen molar-refractivity contribution >= 4 is 5.69 Å². The second-order valence-corrected chi connectivity index (χ2v) is 6.87. The number of anilines is 1. The van der Waals surface area contributed by atoms with Crippen molar-refractivity contribution in [2.24, 2.45) is 0 Å². The van der Waals surface area contributed by atoms with E-state index in [9.17, 15) is 13.9 Å². The summed E-state index contributed by atoms with van der Waals surface area (Å²) in [4.78, 5) is 1.98. The number of nitrogens with one attached hydrogen (secondary N) is 1. The SMILES string of the molecule is CC1(C)CN(c2cc(F)c(O)cc2F)[C@H]2CCCC[C@H]2N1. The molecule has 5 heteroatoms. The Morgan fingerprint density at radius 3 is 2.67 bits per heavy atom. The Labute approximate surface area is 124 Å². The fourth-order valence-electron chi connectivity index (χ4n) is 3.75. The van der Waals surface area contributed by atoms with E-state index in [1.807, 2.05) is 4.90 Å². The maximum atomic E-state index is 14.2. The number of aromatic hydroxyl groups is 1. The number of benzene rings is 1. The average molecular weight is 296 g/mol. The first-order valence-electron chi connectivity index (χ1n) is 7.60. The van der Waals surface area contributed by atoms with Gasteiger partial charge in [0.05, 0.1) is 5.69 Å². The van der Waals surface area contributed by atoms with Crippen LogP contribution < -0.4 is 10.2 Å². The lowest BCUT2D eigenvalue weighted by atomic mass is 9.83. The molecule has 0 radical (unpaired) electrons. The second-order valence-electron chi connectivity index (χ2n) is 6.87. The van der Waals surface area contributed by atoms with E-state index in [2.05, 4.69) is 19.2 Å². The van der Waals surface area contributed by atoms with Crippen molar-refractivity contribution in [3.05, 3.63) is 23.8 Å². The molecule has 3 nitrogen and oxygen atoms in total. The molecule has 3 rings (SSSR count). The zero-order valence-electron chi connectivity index (χ0n) is 12.5. The molecule has 1 saturated carbocycles. The number of hydrogen-bond acceptors (Lipinski definition) is 3. The van der Waals surface area contributed by atoms with Crippen molar-refractivity contribution in [3.63, 3.8) is 0 Å². The highest BCUT2D eigenvalue weighted by molar-refractivity contribution is 5.53. The van der Waals surface area contributed by atoms with E-state index < -0.39 is 17.4 Å². The topological polar surface area (TPSA) is 35.5 Å². The molecule has 0 amide bonds. The van der Waals surface area contributed by atoms with E-state index in [0.29, 0.717) is 12.6 Å². The summed E-state index contributed by atoms with van der Waals surface area (Å²) >= 11 is 0. The summed E-state index contributed by atoms with van der Waals surface area (Å²) in [6, 6.07) is 2.49. The van der Waals surface area contributed by atoms with Crippen LogP contribution in [0.5, 0.6) is 5.75 Å². The van der Waals surface area contributed by atoms with Crippen LogP contribution in [0.15, 0.2) is 12.1 Å². The number of halogens is 2. The maximum absolute atomic E-state index is 14.2. The van der Waals surface area contributed by atoms with E-state index >= 15 is 0 Å². The van der Waals surface area contributed by atoms with E-state index in [1.165, 1.54) is 6.42 Å². The van der Waals surface area contributed by atoms with Gasteiger partial charge in [-0.3, -0.25) is 0 Å². The minimum atomic E-state index is -0.768. The Balaban J connectivity index is 2.00. The average Bonchev–Trinajstić information content (AvgIpc) is 2.41. The summed E-state index contributed by atoms with van der Waals surface area (Å²) in [5.74, 6) is -1.96. The molecule has 1 heterocycles. The molecule has 2 aliphatic rings. The fourth-order valence-corrected chi connectivity index (χ4v) is 3.75. The van der Waals surface area contributed by atoms with Crippen molar-refractivity contribution in [2.75, 3.05) is 11.4 Å². The Kier molecular flexibility index (Phi) is 3.56. The van der Waals surface area contributed by atoms with E-state index in [1.54, 1.807) is 0 Å². The summed E-state index contributed by atoms with van der Waals surface area (Å²) in [5.41, 5.74) is 0.107. The molecule has 0 unspecified atom stereocenters. The number of rotatable bonds is 1. The van der Waals surface area contributed by atoms with Crippen LogP contribution in [0.2, 0.25) is 0 Å². The number of phenols is 1. The van der Waals surface area contributed by atoms with Gasteiger partial charge >= 0.3 is 0 Å². The summed E-state index contributed by atoms with van der Waals surface area (Å²) in [7, 11) is 0. The van der Waals surface area contributed by atoms with Crippen LogP contribution in [0.4, 0.5) is 14.5 Å². The molecular weight excluding hydrogens is 274 g/mol. The van der Waals surface area contributed by atoms with Gasteiger partial charge in [-0.2, -0.15) is 0 Å². The van der Waals surface area contributed by atoms with Crippen molar-refractivity contribution in [3.8, 4) is 5.75 Å². The van der Waals surface area contributed by atoms with Crippen molar-refractivity contribution in [1.29, 1.82) is 0 Å². The van der Waals surface area contributed by atoms with E-state index in [4.69, 9.17) is 0 Å². The zero-order chi connectivity index (χ0) is 15.2. The molecule has 2 atom stereocenters. The molecule has 1 aliphatic heterocycles. The first-order valence-corrected chi connectivity index (χ1v) is 7.60. The van der Waals surface area contributed by atoms with Gasteiger partial charge in [-0.1, -0.05) is 12.8 Å². The highest BCUT2D eigenvalue weighted by atomic mass is 19.1. The monoisotopic (exact) mass is 296 g/mol. The van der Waals surface area contributed by atoms with Gasteiger partial charge < -0.3 is 15.3 Å². The minimum absolute atomic E-state index is 0.153. The van der Waals surface area contributed by atoms with Gasteiger partial charge in [0.25, 0.3) is 0 Å². The zero-order valence-corrected chi connectivity index (χ0v) is 12.5. The smallest absolute Gasteiger partial charge is 0.167 e. The largest absolute Gasteiger partial charge is 0.505 e. The third kappa shape index (κ3) is 2.71. The molecule has 1 aliphatic carbocycles. The molecular formula is C16H22F2N2O. The van der Waals surface area contributed by atoms with Gasteiger partial charge in [-0.15, -0.1) is 0 Å². The summed E-state index contributed by atoms with van der Waals surface area (Å²) in [6.45, 7) is 4.79. The van der Waals surface area contributed by atoms with E-state index in [-0.39, 0.29) is 17.3 Å². The lowest BCUT2D eigenvalue weighted by molar-refractivity contribution is 0.198. The molecule has 1 aromatic carbocycles. The Morgan fingerprint density at radius 2 is 1.90 bits per heavy atom. The van der Waals surface area contributed by atoms with E-state index in [0.717, 1.165) is 31.4 Å². The number of piperazine rings is 1. The fraction of sp³-hybridized carbons (Fsp3) is 0.625. The predicted octanol–water partition coefficient (Wildman–Crippen LogP) is 3.17. The quantitative estimate of drug-likeness (QED) is 0.835. The molecule has 0 bridgehead atoms. The molecule has 21 heavy (non-hydrogen) atoms. The van der Waals surface area contributed by atoms with Gasteiger partial charge in [0.1, 0.15) is 5.82 Å². The first kappa shape index (κ1) is 14.6. The Hall–Kier alpha value is -1.36. The van der Waals surface area contributed by atoms with Gasteiger partial charge in [0.2, 0.25) is 0 Å². The van der Waals surface area contributed by atoms with Crippen LogP contribution in [0, 0.1) is 11.6 Å². The lowest BCUT2D eigenvalue weighted by Crippen LogP contribution is -2.67. The van der Waals surface area contributed by atoms with Crippen molar-refractivity contribution in [2.45, 2.75) is 57.2 Å². The molecule has 2 fully saturated rings. The van der Waals surface area contributed by atoms with Gasteiger partial charge in [-0.05, 0) is 26.7 Å². The Bertz CT molecular complexity index is 547. The maximum Gasteiger partial charge on any atom is 0.167 e. The lowest BCUT2D eigenvalue weighted by Gasteiger charge is -2.52. The van der Waals surface area contributed by atoms with Crippen molar-refractivity contribution in [1.82, 2.24) is 5.32 Å². The Morgan fingerprint density at radius 1 is 1.19 bits per heavy atom. The first-order chi connectivity index (χ1) is 9.87. The number of nitrogens with zero attached hydrogens (tertiary/aromatic N) is 1. The van der Waals surface area contributed by atoms with Crippen LogP contribution in [-0.4, -0.2) is 29.3 Å². The van der Waals surface area contributed by atoms with Crippen LogP contribution in [0.25, 0.3) is 0 Å². The summed E-state index contributed by atoms with van der Waals surface area (Å²) < 4.78 is 27.9. The van der Waals surface area contributed by atoms with Gasteiger partial charge in [0.15, 0.2) is 11.6 Å². The summed E-state index contributed by atoms with van der Waals surface area (Å²) in [6.07, 6.45) is 4.33. The van der Waals surface area contributed by atoms with Gasteiger partial charge in [-0.25, -0.2) is 8.78 Å². The second kappa shape index (κ2) is 5.13. The van der Waals surface area contributed by atoms with Crippen LogP contribution in [0.1, 0.15) is 39.5 Å². The third-order valence-electron chi connectivity index (χ3n) is 4.60. The number of fused-ring (bicyclic) bond motifs is 1. The highest BCUT2D eigenvalue weighted by Crippen LogP contribution is 2.36. The standard InChI is InChI=1S/C16H22F2N2O/c1-16(2)9-20(13-6-4-3-5-12(13)19-16)14-7-11(18)15(21)8-10(14)17/h7-8,12-13,19,21H,3-6,9H2,1-2H3/t12-,13+/m1/s1.